The molecule has 1 aliphatic rings. The Morgan fingerprint density at radius 2 is 2.11 bits per heavy atom. The van der Waals surface area contributed by atoms with Crippen LogP contribution in [0.15, 0.2) is 0 Å². The number of rotatable bonds is 8. The van der Waals surface area contributed by atoms with Crippen molar-refractivity contribution in [2.45, 2.75) is 51.5 Å². The van der Waals surface area contributed by atoms with Crippen LogP contribution in [-0.2, 0) is 0 Å². The van der Waals surface area contributed by atoms with Crippen molar-refractivity contribution in [1.82, 2.24) is 10.2 Å². The van der Waals surface area contributed by atoms with Crippen LogP contribution in [0.2, 0.25) is 0 Å². The summed E-state index contributed by atoms with van der Waals surface area (Å²) in [5.74, 6) is 1.42. The number of likely N-dealkylation sites (N-methyl/N-ethyl adjacent to an activating group) is 1. The molecule has 0 saturated heterocycles. The van der Waals surface area contributed by atoms with Crippen LogP contribution < -0.4 is 5.32 Å². The molecule has 1 fully saturated rings. The minimum Gasteiger partial charge on any atom is -0.394 e. The van der Waals surface area contributed by atoms with E-state index in [9.17, 15) is 5.11 Å². The molecule has 3 heteroatoms. The topological polar surface area (TPSA) is 35.5 Å². The van der Waals surface area contributed by atoms with E-state index in [-0.39, 0.29) is 12.1 Å². The monoisotopic (exact) mass is 256 g/mol. The van der Waals surface area contributed by atoms with E-state index < -0.39 is 0 Å². The molecule has 108 valence electrons. The maximum absolute atomic E-state index is 9.65. The zero-order valence-electron chi connectivity index (χ0n) is 12.7. The van der Waals surface area contributed by atoms with E-state index in [0.717, 1.165) is 18.9 Å². The van der Waals surface area contributed by atoms with E-state index in [0.29, 0.717) is 5.92 Å². The summed E-state index contributed by atoms with van der Waals surface area (Å²) in [4.78, 5) is 2.44. The van der Waals surface area contributed by atoms with Crippen molar-refractivity contribution in [2.24, 2.45) is 11.8 Å². The summed E-state index contributed by atoms with van der Waals surface area (Å²) in [5.41, 5.74) is -0.00110. The molecule has 18 heavy (non-hydrogen) atoms. The van der Waals surface area contributed by atoms with Crippen LogP contribution in [0.25, 0.3) is 0 Å². The number of hydrogen-bond donors (Lipinski definition) is 2. The largest absolute Gasteiger partial charge is 0.394 e. The molecular weight excluding hydrogens is 224 g/mol. The summed E-state index contributed by atoms with van der Waals surface area (Å²) in [6, 6.07) is 0. The fourth-order valence-corrected chi connectivity index (χ4v) is 3.15. The lowest BCUT2D eigenvalue weighted by Crippen LogP contribution is -2.50. The lowest BCUT2D eigenvalue weighted by Gasteiger charge is -2.34. The summed E-state index contributed by atoms with van der Waals surface area (Å²) < 4.78 is 0. The highest BCUT2D eigenvalue weighted by molar-refractivity contribution is 4.98. The Morgan fingerprint density at radius 3 is 2.67 bits per heavy atom. The molecule has 2 N–H and O–H groups in total. The molecule has 1 rings (SSSR count). The van der Waals surface area contributed by atoms with Crippen molar-refractivity contribution in [1.29, 1.82) is 0 Å². The molecule has 0 aromatic heterocycles. The molecule has 2 atom stereocenters. The number of nitrogens with one attached hydrogen (secondary N) is 1. The number of aliphatic hydroxyl groups excluding tert-OH is 1. The maximum atomic E-state index is 9.65. The lowest BCUT2D eigenvalue weighted by molar-refractivity contribution is 0.120. The molecule has 0 amide bonds. The molecule has 0 spiro atoms. The number of hydrogen-bond acceptors (Lipinski definition) is 3. The molecule has 3 nitrogen and oxygen atoms in total. The maximum Gasteiger partial charge on any atom is 0.0615 e. The molecule has 0 aromatic rings. The predicted molar refractivity (Wildman–Crippen MR) is 77.8 cm³/mol. The molecule has 1 aliphatic carbocycles. The van der Waals surface area contributed by atoms with Gasteiger partial charge in [-0.25, -0.2) is 0 Å². The summed E-state index contributed by atoms with van der Waals surface area (Å²) in [7, 11) is 4.22. The van der Waals surface area contributed by atoms with E-state index in [1.165, 1.54) is 32.2 Å². The molecule has 0 aliphatic heterocycles. The first-order valence-corrected chi connectivity index (χ1v) is 7.52. The highest BCUT2D eigenvalue weighted by atomic mass is 16.3. The minimum absolute atomic E-state index is 0.00110. The average molecular weight is 256 g/mol. The zero-order valence-corrected chi connectivity index (χ0v) is 12.7. The van der Waals surface area contributed by atoms with Gasteiger partial charge in [-0.1, -0.05) is 20.3 Å². The van der Waals surface area contributed by atoms with Crippen molar-refractivity contribution in [3.8, 4) is 0 Å². The molecule has 0 radical (unpaired) electrons. The zero-order chi connectivity index (χ0) is 13.6. The standard InChI is InChI=1S/C15H32N2O/c1-13(2)7-10-17(4)11-8-14-6-5-9-15(14,12-18)16-3/h13-14,16,18H,5-12H2,1-4H3. The Kier molecular flexibility index (Phi) is 6.61. The summed E-state index contributed by atoms with van der Waals surface area (Å²) in [5, 5.41) is 13.0. The van der Waals surface area contributed by atoms with Crippen molar-refractivity contribution < 1.29 is 5.11 Å². The smallest absolute Gasteiger partial charge is 0.0615 e. The van der Waals surface area contributed by atoms with E-state index in [2.05, 4.69) is 31.1 Å². The van der Waals surface area contributed by atoms with Crippen LogP contribution in [-0.4, -0.2) is 49.3 Å². The van der Waals surface area contributed by atoms with Crippen molar-refractivity contribution >= 4 is 0 Å². The number of nitrogens with zero attached hydrogens (tertiary/aromatic N) is 1. The van der Waals surface area contributed by atoms with E-state index in [1.807, 2.05) is 7.05 Å². The summed E-state index contributed by atoms with van der Waals surface area (Å²) in [6.45, 7) is 7.19. The van der Waals surface area contributed by atoms with Gasteiger partial charge < -0.3 is 15.3 Å². The molecule has 0 heterocycles. The highest BCUT2D eigenvalue weighted by Crippen LogP contribution is 2.37. The second-order valence-electron chi connectivity index (χ2n) is 6.43. The van der Waals surface area contributed by atoms with Crippen LogP contribution in [0, 0.1) is 11.8 Å². The van der Waals surface area contributed by atoms with Gasteiger partial charge in [0.05, 0.1) is 6.61 Å². The Balaban J connectivity index is 2.33. The van der Waals surface area contributed by atoms with Gasteiger partial charge in [0, 0.05) is 5.54 Å². The third kappa shape index (κ3) is 4.22. The second kappa shape index (κ2) is 7.46. The van der Waals surface area contributed by atoms with Gasteiger partial charge in [0.15, 0.2) is 0 Å². The van der Waals surface area contributed by atoms with Gasteiger partial charge in [-0.3, -0.25) is 0 Å². The molecular formula is C15H32N2O. The van der Waals surface area contributed by atoms with E-state index in [4.69, 9.17) is 0 Å². The van der Waals surface area contributed by atoms with Crippen LogP contribution in [0.5, 0.6) is 0 Å². The average Bonchev–Trinajstić information content (AvgIpc) is 2.77. The molecule has 2 unspecified atom stereocenters. The lowest BCUT2D eigenvalue weighted by atomic mass is 9.85. The predicted octanol–water partition coefficient (Wildman–Crippen LogP) is 2.10. The van der Waals surface area contributed by atoms with Gasteiger partial charge >= 0.3 is 0 Å². The number of aliphatic hydroxyl groups is 1. The Bertz CT molecular complexity index is 227. The van der Waals surface area contributed by atoms with E-state index in [1.54, 1.807) is 0 Å². The fourth-order valence-electron chi connectivity index (χ4n) is 3.15. The van der Waals surface area contributed by atoms with Gasteiger partial charge in [-0.2, -0.15) is 0 Å². The normalized spacial score (nSPS) is 28.5. The molecule has 1 saturated carbocycles. The third-order valence-corrected chi connectivity index (χ3v) is 4.68. The van der Waals surface area contributed by atoms with Gasteiger partial charge in [-0.15, -0.1) is 0 Å². The van der Waals surface area contributed by atoms with Gasteiger partial charge in [-0.05, 0) is 64.7 Å². The van der Waals surface area contributed by atoms with Gasteiger partial charge in [0.2, 0.25) is 0 Å². The molecule has 0 bridgehead atoms. The first kappa shape index (κ1) is 15.9. The van der Waals surface area contributed by atoms with Gasteiger partial charge in [0.25, 0.3) is 0 Å². The van der Waals surface area contributed by atoms with Crippen molar-refractivity contribution in [2.75, 3.05) is 33.8 Å². The Hall–Kier alpha value is -0.120. The SMILES string of the molecule is CNC1(CO)CCCC1CCN(C)CCC(C)C. The Labute approximate surface area is 113 Å². The van der Waals surface area contributed by atoms with Crippen LogP contribution in [0.4, 0.5) is 0 Å². The van der Waals surface area contributed by atoms with Crippen LogP contribution >= 0.6 is 0 Å². The highest BCUT2D eigenvalue weighted by Gasteiger charge is 2.40. The fraction of sp³-hybridized carbons (Fsp3) is 1.00. The van der Waals surface area contributed by atoms with Crippen LogP contribution in [0.1, 0.15) is 46.0 Å². The molecule has 0 aromatic carbocycles. The first-order chi connectivity index (χ1) is 8.54. The second-order valence-corrected chi connectivity index (χ2v) is 6.43. The third-order valence-electron chi connectivity index (χ3n) is 4.68. The summed E-state index contributed by atoms with van der Waals surface area (Å²) in [6.07, 6.45) is 6.12. The summed E-state index contributed by atoms with van der Waals surface area (Å²) >= 11 is 0. The van der Waals surface area contributed by atoms with Crippen molar-refractivity contribution in [3.05, 3.63) is 0 Å². The van der Waals surface area contributed by atoms with Crippen LogP contribution in [0.3, 0.4) is 0 Å². The van der Waals surface area contributed by atoms with Crippen molar-refractivity contribution in [3.63, 3.8) is 0 Å². The first-order valence-electron chi connectivity index (χ1n) is 7.52. The minimum atomic E-state index is -0.00110. The van der Waals surface area contributed by atoms with Gasteiger partial charge in [0.1, 0.15) is 0 Å². The van der Waals surface area contributed by atoms with E-state index >= 15 is 0 Å². The Morgan fingerprint density at radius 1 is 1.39 bits per heavy atom. The quantitative estimate of drug-likeness (QED) is 0.698.